The summed E-state index contributed by atoms with van der Waals surface area (Å²) in [6, 6.07) is 5.57. The molecule has 0 saturated heterocycles. The molecular weight excluding hydrogens is 294 g/mol. The summed E-state index contributed by atoms with van der Waals surface area (Å²) in [6.45, 7) is 8.61. The average molecular weight is 321 g/mol. The second kappa shape index (κ2) is 8.41. The molecule has 0 saturated carbocycles. The number of amides is 2. The molecule has 0 unspecified atom stereocenters. The minimum Gasteiger partial charge on any atom is -0.444 e. The van der Waals surface area contributed by atoms with Gasteiger partial charge in [0.15, 0.2) is 0 Å². The highest BCUT2D eigenvalue weighted by Gasteiger charge is 2.15. The predicted molar refractivity (Wildman–Crippen MR) is 91.9 cm³/mol. The lowest BCUT2D eigenvalue weighted by Gasteiger charge is -2.19. The van der Waals surface area contributed by atoms with Crippen LogP contribution in [-0.4, -0.2) is 37.7 Å². The Labute approximate surface area is 138 Å². The molecule has 0 atom stereocenters. The molecule has 0 fully saturated rings. The third-order valence-corrected chi connectivity index (χ3v) is 3.14. The summed E-state index contributed by atoms with van der Waals surface area (Å²) in [7, 11) is 1.62. The van der Waals surface area contributed by atoms with Gasteiger partial charge in [-0.05, 0) is 51.8 Å². The molecule has 0 aliphatic carbocycles. The molecular formula is C17H27N3O3. The first-order valence-corrected chi connectivity index (χ1v) is 7.77. The topological polar surface area (TPSA) is 79.5 Å². The minimum atomic E-state index is -0.486. The van der Waals surface area contributed by atoms with Crippen LogP contribution < -0.4 is 16.0 Å². The lowest BCUT2D eigenvalue weighted by atomic mass is 10.1. The molecule has 1 aromatic rings. The van der Waals surface area contributed by atoms with E-state index in [0.29, 0.717) is 18.7 Å². The zero-order valence-electron chi connectivity index (χ0n) is 14.6. The highest BCUT2D eigenvalue weighted by Crippen LogP contribution is 2.18. The van der Waals surface area contributed by atoms with Crippen molar-refractivity contribution < 1.29 is 14.3 Å². The summed E-state index contributed by atoms with van der Waals surface area (Å²) in [5, 5.41) is 8.62. The molecule has 0 radical (unpaired) electrons. The van der Waals surface area contributed by atoms with Gasteiger partial charge in [-0.25, -0.2) is 4.79 Å². The van der Waals surface area contributed by atoms with Crippen LogP contribution in [0.4, 0.5) is 10.5 Å². The molecule has 0 aromatic heterocycles. The number of alkyl carbamates (subject to hydrolysis) is 1. The molecule has 23 heavy (non-hydrogen) atoms. The highest BCUT2D eigenvalue weighted by molar-refractivity contribution is 5.96. The van der Waals surface area contributed by atoms with Gasteiger partial charge in [0.1, 0.15) is 5.60 Å². The van der Waals surface area contributed by atoms with Gasteiger partial charge in [-0.15, -0.1) is 0 Å². The number of hydrogen-bond donors (Lipinski definition) is 3. The van der Waals surface area contributed by atoms with Crippen molar-refractivity contribution in [3.8, 4) is 0 Å². The lowest BCUT2D eigenvalue weighted by Crippen LogP contribution is -2.33. The second-order valence-electron chi connectivity index (χ2n) is 6.27. The van der Waals surface area contributed by atoms with Crippen molar-refractivity contribution in [2.45, 2.75) is 39.7 Å². The molecule has 0 bridgehead atoms. The highest BCUT2D eigenvalue weighted by atomic mass is 16.6. The quantitative estimate of drug-likeness (QED) is 0.704. The van der Waals surface area contributed by atoms with E-state index < -0.39 is 11.7 Å². The smallest absolute Gasteiger partial charge is 0.407 e. The Kier molecular flexibility index (Phi) is 6.88. The molecule has 6 heteroatoms. The van der Waals surface area contributed by atoms with Gasteiger partial charge in [-0.1, -0.05) is 6.07 Å². The number of anilines is 1. The Bertz CT molecular complexity index is 551. The van der Waals surface area contributed by atoms with E-state index in [9.17, 15) is 9.59 Å². The Morgan fingerprint density at radius 2 is 1.87 bits per heavy atom. The van der Waals surface area contributed by atoms with Gasteiger partial charge in [-0.2, -0.15) is 0 Å². The van der Waals surface area contributed by atoms with Gasteiger partial charge >= 0.3 is 6.09 Å². The fourth-order valence-corrected chi connectivity index (χ4v) is 2.02. The molecule has 0 aliphatic rings. The maximum Gasteiger partial charge on any atom is 0.407 e. The van der Waals surface area contributed by atoms with Gasteiger partial charge < -0.3 is 20.7 Å². The SMILES string of the molecule is CNC(=O)c1cccc(NCCCNC(=O)OC(C)(C)C)c1C. The molecule has 0 heterocycles. The first-order chi connectivity index (χ1) is 10.7. The maximum absolute atomic E-state index is 11.8. The first kappa shape index (κ1) is 18.8. The number of rotatable bonds is 6. The van der Waals surface area contributed by atoms with Crippen molar-refractivity contribution in [3.05, 3.63) is 29.3 Å². The third kappa shape index (κ3) is 6.59. The van der Waals surface area contributed by atoms with Crippen LogP contribution >= 0.6 is 0 Å². The number of ether oxygens (including phenoxy) is 1. The number of nitrogens with one attached hydrogen (secondary N) is 3. The number of benzene rings is 1. The normalized spacial score (nSPS) is 10.8. The van der Waals surface area contributed by atoms with E-state index in [-0.39, 0.29) is 5.91 Å². The number of carbonyl (C=O) groups excluding carboxylic acids is 2. The first-order valence-electron chi connectivity index (χ1n) is 7.77. The van der Waals surface area contributed by atoms with E-state index >= 15 is 0 Å². The van der Waals surface area contributed by atoms with Crippen LogP contribution in [0.2, 0.25) is 0 Å². The average Bonchev–Trinajstić information content (AvgIpc) is 2.46. The molecule has 1 aromatic carbocycles. The van der Waals surface area contributed by atoms with E-state index in [1.165, 1.54) is 0 Å². The van der Waals surface area contributed by atoms with Crippen LogP contribution in [0, 0.1) is 6.92 Å². The molecule has 0 aliphatic heterocycles. The van der Waals surface area contributed by atoms with Crippen LogP contribution in [0.5, 0.6) is 0 Å². The summed E-state index contributed by atoms with van der Waals surface area (Å²) in [5.41, 5.74) is 2.00. The van der Waals surface area contributed by atoms with E-state index in [4.69, 9.17) is 4.74 Å². The molecule has 128 valence electrons. The fourth-order valence-electron chi connectivity index (χ4n) is 2.02. The van der Waals surface area contributed by atoms with Crippen molar-refractivity contribution in [1.29, 1.82) is 0 Å². The largest absolute Gasteiger partial charge is 0.444 e. The number of hydrogen-bond acceptors (Lipinski definition) is 4. The second-order valence-corrected chi connectivity index (χ2v) is 6.27. The van der Waals surface area contributed by atoms with Gasteiger partial charge in [0.25, 0.3) is 5.91 Å². The molecule has 2 amide bonds. The summed E-state index contributed by atoms with van der Waals surface area (Å²) in [5.74, 6) is -0.0993. The van der Waals surface area contributed by atoms with Crippen molar-refractivity contribution >= 4 is 17.7 Å². The predicted octanol–water partition coefficient (Wildman–Crippen LogP) is 2.68. The van der Waals surface area contributed by atoms with E-state index in [1.54, 1.807) is 13.1 Å². The summed E-state index contributed by atoms with van der Waals surface area (Å²) >= 11 is 0. The van der Waals surface area contributed by atoms with Gasteiger partial charge in [0, 0.05) is 31.4 Å². The Morgan fingerprint density at radius 1 is 1.17 bits per heavy atom. The summed E-state index contributed by atoms with van der Waals surface area (Å²) in [6.07, 6.45) is 0.346. The molecule has 6 nitrogen and oxygen atoms in total. The van der Waals surface area contributed by atoms with Crippen molar-refractivity contribution in [2.75, 3.05) is 25.5 Å². The zero-order chi connectivity index (χ0) is 17.5. The monoisotopic (exact) mass is 321 g/mol. The van der Waals surface area contributed by atoms with Crippen LogP contribution in [-0.2, 0) is 4.74 Å². The third-order valence-electron chi connectivity index (χ3n) is 3.14. The molecule has 1 rings (SSSR count). The van der Waals surface area contributed by atoms with Crippen molar-refractivity contribution in [3.63, 3.8) is 0 Å². The van der Waals surface area contributed by atoms with E-state index in [0.717, 1.165) is 17.7 Å². The Balaban J connectivity index is 2.40. The van der Waals surface area contributed by atoms with Crippen molar-refractivity contribution in [2.24, 2.45) is 0 Å². The zero-order valence-corrected chi connectivity index (χ0v) is 14.6. The summed E-state index contributed by atoms with van der Waals surface area (Å²) < 4.78 is 5.16. The lowest BCUT2D eigenvalue weighted by molar-refractivity contribution is 0.0527. The van der Waals surface area contributed by atoms with Gasteiger partial charge in [-0.3, -0.25) is 4.79 Å². The molecule has 3 N–H and O–H groups in total. The fraction of sp³-hybridized carbons (Fsp3) is 0.529. The molecule has 0 spiro atoms. The number of carbonyl (C=O) groups is 2. The van der Waals surface area contributed by atoms with E-state index in [2.05, 4.69) is 16.0 Å². The minimum absolute atomic E-state index is 0.0993. The van der Waals surface area contributed by atoms with Gasteiger partial charge in [0.05, 0.1) is 0 Å². The standard InChI is InChI=1S/C17H27N3O3/c1-12-13(15(21)18-5)8-6-9-14(12)19-10-7-11-20-16(22)23-17(2,3)4/h6,8-9,19H,7,10-11H2,1-5H3,(H,18,21)(H,20,22). The van der Waals surface area contributed by atoms with Crippen LogP contribution in [0.15, 0.2) is 18.2 Å². The maximum atomic E-state index is 11.8. The summed E-state index contributed by atoms with van der Waals surface area (Å²) in [4.78, 5) is 23.3. The Hall–Kier alpha value is -2.24. The van der Waals surface area contributed by atoms with Gasteiger partial charge in [0.2, 0.25) is 0 Å². The van der Waals surface area contributed by atoms with Crippen LogP contribution in [0.25, 0.3) is 0 Å². The van der Waals surface area contributed by atoms with Crippen molar-refractivity contribution in [1.82, 2.24) is 10.6 Å². The van der Waals surface area contributed by atoms with E-state index in [1.807, 2.05) is 39.8 Å². The van der Waals surface area contributed by atoms with Crippen LogP contribution in [0.3, 0.4) is 0 Å². The Morgan fingerprint density at radius 3 is 2.48 bits per heavy atom. The van der Waals surface area contributed by atoms with Crippen LogP contribution in [0.1, 0.15) is 43.1 Å².